The molecule has 9 rings (SSSR count). The van der Waals surface area contributed by atoms with Crippen LogP contribution in [0.4, 0.5) is 19.4 Å². The number of aromatic nitrogens is 2. The summed E-state index contributed by atoms with van der Waals surface area (Å²) in [6.07, 6.45) is 2.41. The van der Waals surface area contributed by atoms with Gasteiger partial charge in [0.1, 0.15) is 53.6 Å². The maximum atomic E-state index is 17.3. The first kappa shape index (κ1) is 38.1. The van der Waals surface area contributed by atoms with Gasteiger partial charge in [-0.1, -0.05) is 36.4 Å². The zero-order valence-corrected chi connectivity index (χ0v) is 33.3. The molecule has 4 fully saturated rings. The number of fused-ring (bicyclic) bond motifs is 5. The standard InChI is InChI=1S/C45H49F2N5O6/c1-44(2,3)58-43(54)50-23-30-12-13-31(24-50)52(30)41-36-20-37(47)38(35-19-32(53)18-28-8-5-6-9-34(28)35)40(56-25-27-10-14-33(55-4)15-11-27)39(36)48-42(49-41)57-26-45-16-7-17-51(45)22-29(46)21-45/h5-6,8-11,14-15,18-20,29-31,53H,7,12-13,16-17,21-26H2,1-4H3/t29-,30?,31?,45+/m1/s1. The first-order chi connectivity index (χ1) is 27.9. The third kappa shape index (κ3) is 7.07. The van der Waals surface area contributed by atoms with Crippen LogP contribution in [0.25, 0.3) is 32.8 Å². The number of likely N-dealkylation sites (tertiary alicyclic amines) is 1. The summed E-state index contributed by atoms with van der Waals surface area (Å²) in [5, 5.41) is 12.8. The molecule has 4 aromatic carbocycles. The predicted octanol–water partition coefficient (Wildman–Crippen LogP) is 8.43. The van der Waals surface area contributed by atoms with E-state index in [4.69, 9.17) is 28.9 Å². The Labute approximate surface area is 336 Å². The Morgan fingerprint density at radius 2 is 1.72 bits per heavy atom. The molecule has 1 amide bonds. The number of hydrogen-bond acceptors (Lipinski definition) is 10. The molecule has 13 heteroatoms. The topological polar surface area (TPSA) is 110 Å². The lowest BCUT2D eigenvalue weighted by molar-refractivity contribution is 0.0209. The van der Waals surface area contributed by atoms with E-state index in [1.807, 2.05) is 69.3 Å². The van der Waals surface area contributed by atoms with Crippen LogP contribution in [0.5, 0.6) is 23.3 Å². The van der Waals surface area contributed by atoms with Crippen LogP contribution in [0, 0.1) is 5.82 Å². The molecule has 11 nitrogen and oxygen atoms in total. The smallest absolute Gasteiger partial charge is 0.410 e. The Balaban J connectivity index is 1.21. The van der Waals surface area contributed by atoms with Crippen molar-refractivity contribution in [1.82, 2.24) is 19.8 Å². The third-order valence-corrected chi connectivity index (χ3v) is 12.1. The summed E-state index contributed by atoms with van der Waals surface area (Å²) in [6, 6.07) is 19.4. The molecular weight excluding hydrogens is 745 g/mol. The van der Waals surface area contributed by atoms with Gasteiger partial charge in [-0.3, -0.25) is 4.90 Å². The number of phenolic OH excluding ortho intramolecular Hbond substituents is 1. The van der Waals surface area contributed by atoms with Gasteiger partial charge < -0.3 is 33.9 Å². The van der Waals surface area contributed by atoms with Crippen molar-refractivity contribution in [2.24, 2.45) is 0 Å². The summed E-state index contributed by atoms with van der Waals surface area (Å²) in [4.78, 5) is 29.5. The van der Waals surface area contributed by atoms with Crippen LogP contribution in [0.2, 0.25) is 0 Å². The fourth-order valence-corrected chi connectivity index (χ4v) is 9.57. The molecule has 58 heavy (non-hydrogen) atoms. The minimum absolute atomic E-state index is 0.0239. The second kappa shape index (κ2) is 14.7. The fraction of sp³-hybridized carbons (Fsp3) is 0.444. The van der Waals surface area contributed by atoms with Crippen LogP contribution in [0.1, 0.15) is 58.4 Å². The molecule has 4 aliphatic rings. The minimum atomic E-state index is -0.936. The average Bonchev–Trinajstić information content (AvgIpc) is 3.81. The van der Waals surface area contributed by atoms with Gasteiger partial charge in [-0.05, 0) is 105 Å². The largest absolute Gasteiger partial charge is 0.508 e. The molecule has 4 saturated heterocycles. The number of anilines is 1. The summed E-state index contributed by atoms with van der Waals surface area (Å²) in [5.41, 5.74) is 0.623. The number of phenols is 1. The summed E-state index contributed by atoms with van der Waals surface area (Å²) < 4.78 is 56.5. The molecule has 0 radical (unpaired) electrons. The van der Waals surface area contributed by atoms with Crippen LogP contribution in [0.15, 0.2) is 66.7 Å². The first-order valence-corrected chi connectivity index (χ1v) is 20.2. The van der Waals surface area contributed by atoms with Gasteiger partial charge in [-0.15, -0.1) is 0 Å². The number of ether oxygens (including phenoxy) is 4. The van der Waals surface area contributed by atoms with Gasteiger partial charge >= 0.3 is 12.1 Å². The number of rotatable bonds is 9. The second-order valence-corrected chi connectivity index (χ2v) is 17.2. The van der Waals surface area contributed by atoms with Gasteiger partial charge in [0, 0.05) is 43.5 Å². The van der Waals surface area contributed by atoms with Crippen LogP contribution >= 0.6 is 0 Å². The lowest BCUT2D eigenvalue weighted by atomic mass is 9.95. The van der Waals surface area contributed by atoms with Crippen molar-refractivity contribution < 1.29 is 37.6 Å². The Morgan fingerprint density at radius 1 is 0.966 bits per heavy atom. The normalized spacial score (nSPS) is 23.1. The number of aromatic hydroxyl groups is 1. The summed E-state index contributed by atoms with van der Waals surface area (Å²) in [6.45, 7) is 7.81. The van der Waals surface area contributed by atoms with E-state index < -0.39 is 23.1 Å². The Hall–Kier alpha value is -5.43. The number of piperazine rings is 1. The van der Waals surface area contributed by atoms with E-state index in [2.05, 4.69) is 9.80 Å². The maximum absolute atomic E-state index is 17.3. The van der Waals surface area contributed by atoms with E-state index in [0.29, 0.717) is 54.1 Å². The highest BCUT2D eigenvalue weighted by atomic mass is 19.1. The Morgan fingerprint density at radius 3 is 2.47 bits per heavy atom. The third-order valence-electron chi connectivity index (χ3n) is 12.1. The minimum Gasteiger partial charge on any atom is -0.508 e. The molecule has 304 valence electrons. The van der Waals surface area contributed by atoms with E-state index in [1.54, 1.807) is 24.1 Å². The highest BCUT2D eigenvalue weighted by molar-refractivity contribution is 6.05. The number of amides is 1. The lowest BCUT2D eigenvalue weighted by Gasteiger charge is -2.42. The number of alkyl halides is 1. The maximum Gasteiger partial charge on any atom is 0.410 e. The van der Waals surface area contributed by atoms with Crippen molar-refractivity contribution in [2.45, 2.75) is 88.9 Å². The SMILES string of the molecule is COc1ccc(COc2c(-c3cc(O)cc4ccccc34)c(F)cc3c(N4C5CCC4CN(C(=O)OC(C)(C)C)C5)nc(OC[C@@]45CCCN4C[C@H](F)C5)nc23)cc1. The molecule has 5 aromatic rings. The number of methoxy groups -OCH3 is 1. The van der Waals surface area contributed by atoms with Crippen molar-refractivity contribution in [3.05, 3.63) is 78.1 Å². The molecule has 2 bridgehead atoms. The monoisotopic (exact) mass is 793 g/mol. The molecule has 4 aliphatic heterocycles. The van der Waals surface area contributed by atoms with E-state index in [-0.39, 0.29) is 54.5 Å². The van der Waals surface area contributed by atoms with E-state index in [1.165, 1.54) is 6.07 Å². The number of carbonyl (C=O) groups is 1. The summed E-state index contributed by atoms with van der Waals surface area (Å²) >= 11 is 0. The fourth-order valence-electron chi connectivity index (χ4n) is 9.57. The Kier molecular flexibility index (Phi) is 9.69. The van der Waals surface area contributed by atoms with E-state index in [0.717, 1.165) is 48.6 Å². The van der Waals surface area contributed by atoms with E-state index >= 15 is 4.39 Å². The van der Waals surface area contributed by atoms with Gasteiger partial charge in [0.15, 0.2) is 5.75 Å². The van der Waals surface area contributed by atoms with Crippen molar-refractivity contribution in [2.75, 3.05) is 44.8 Å². The number of nitrogens with zero attached hydrogens (tertiary/aromatic N) is 5. The zero-order valence-electron chi connectivity index (χ0n) is 33.3. The summed E-state index contributed by atoms with van der Waals surface area (Å²) in [5.74, 6) is 0.734. The van der Waals surface area contributed by atoms with Crippen molar-refractivity contribution in [3.8, 4) is 34.4 Å². The summed E-state index contributed by atoms with van der Waals surface area (Å²) in [7, 11) is 1.60. The molecule has 2 unspecified atom stereocenters. The van der Waals surface area contributed by atoms with Gasteiger partial charge in [0.05, 0.1) is 18.2 Å². The van der Waals surface area contributed by atoms with Crippen LogP contribution in [0.3, 0.4) is 0 Å². The lowest BCUT2D eigenvalue weighted by Crippen LogP contribution is -2.56. The van der Waals surface area contributed by atoms with Crippen LogP contribution in [-0.4, -0.2) is 100 Å². The number of hydrogen-bond donors (Lipinski definition) is 1. The molecule has 1 aromatic heterocycles. The molecule has 0 spiro atoms. The first-order valence-electron chi connectivity index (χ1n) is 20.2. The average molecular weight is 794 g/mol. The highest BCUT2D eigenvalue weighted by Crippen LogP contribution is 2.47. The Bertz CT molecular complexity index is 2360. The molecule has 1 N–H and O–H groups in total. The highest BCUT2D eigenvalue weighted by Gasteiger charge is 2.50. The van der Waals surface area contributed by atoms with Gasteiger partial charge in [-0.2, -0.15) is 9.97 Å². The van der Waals surface area contributed by atoms with Crippen molar-refractivity contribution in [3.63, 3.8) is 0 Å². The quantitative estimate of drug-likeness (QED) is 0.156. The molecule has 0 aliphatic carbocycles. The van der Waals surface area contributed by atoms with E-state index in [9.17, 15) is 14.3 Å². The molecule has 5 heterocycles. The molecular formula is C45H49F2N5O6. The number of halogens is 2. The van der Waals surface area contributed by atoms with Gasteiger partial charge in [-0.25, -0.2) is 13.6 Å². The molecule has 4 atom stereocenters. The zero-order chi connectivity index (χ0) is 40.3. The predicted molar refractivity (Wildman–Crippen MR) is 217 cm³/mol. The van der Waals surface area contributed by atoms with Crippen molar-refractivity contribution >= 4 is 33.6 Å². The van der Waals surface area contributed by atoms with Gasteiger partial charge in [0.25, 0.3) is 0 Å². The number of benzene rings is 4. The second-order valence-electron chi connectivity index (χ2n) is 17.2. The van der Waals surface area contributed by atoms with Gasteiger partial charge in [0.2, 0.25) is 0 Å². The van der Waals surface area contributed by atoms with Crippen molar-refractivity contribution in [1.29, 1.82) is 0 Å². The van der Waals surface area contributed by atoms with Crippen LogP contribution < -0.4 is 19.1 Å². The molecule has 0 saturated carbocycles. The number of carbonyl (C=O) groups excluding carboxylic acids is 1. The van der Waals surface area contributed by atoms with Crippen LogP contribution in [-0.2, 0) is 11.3 Å².